The lowest BCUT2D eigenvalue weighted by atomic mass is 10.5. The van der Waals surface area contributed by atoms with Crippen LogP contribution in [0.4, 0.5) is 5.95 Å². The maximum absolute atomic E-state index is 4.40. The van der Waals surface area contributed by atoms with E-state index >= 15 is 0 Å². The Balaban J connectivity index is 1.96. The standard InChI is InChI=1S/C12H11N7S/c1-13-10-16-11(19-7-6-14-8-19)18-12(17-10)20-9-4-2-3-5-15-9/h2-8H,1H3,(H,13,16,17,18). The second-order valence-corrected chi connectivity index (χ2v) is 4.72. The van der Waals surface area contributed by atoms with E-state index in [1.54, 1.807) is 36.5 Å². The lowest BCUT2D eigenvalue weighted by molar-refractivity contribution is 0.827. The van der Waals surface area contributed by atoms with Gasteiger partial charge in [0, 0.05) is 25.6 Å². The summed E-state index contributed by atoms with van der Waals surface area (Å²) in [5.74, 6) is 1.02. The highest BCUT2D eigenvalue weighted by Crippen LogP contribution is 2.23. The molecule has 7 nitrogen and oxygen atoms in total. The van der Waals surface area contributed by atoms with Gasteiger partial charge in [0.25, 0.3) is 0 Å². The summed E-state index contributed by atoms with van der Waals surface area (Å²) in [6.07, 6.45) is 6.83. The molecule has 100 valence electrons. The van der Waals surface area contributed by atoms with E-state index in [4.69, 9.17) is 0 Å². The molecule has 3 rings (SSSR count). The van der Waals surface area contributed by atoms with Gasteiger partial charge < -0.3 is 5.32 Å². The van der Waals surface area contributed by atoms with Gasteiger partial charge in [0.2, 0.25) is 17.1 Å². The monoisotopic (exact) mass is 285 g/mol. The van der Waals surface area contributed by atoms with E-state index in [1.165, 1.54) is 11.8 Å². The Labute approximate surface area is 119 Å². The maximum Gasteiger partial charge on any atom is 0.240 e. The van der Waals surface area contributed by atoms with Crippen molar-refractivity contribution in [1.82, 2.24) is 29.5 Å². The predicted octanol–water partition coefficient (Wildman–Crippen LogP) is 1.65. The summed E-state index contributed by atoms with van der Waals surface area (Å²) < 4.78 is 1.73. The minimum Gasteiger partial charge on any atom is -0.357 e. The Kier molecular flexibility index (Phi) is 3.55. The van der Waals surface area contributed by atoms with Crippen LogP contribution in [0.25, 0.3) is 5.95 Å². The molecule has 0 aromatic carbocycles. The fraction of sp³-hybridized carbons (Fsp3) is 0.0833. The number of hydrogen-bond donors (Lipinski definition) is 1. The molecule has 0 saturated carbocycles. The van der Waals surface area contributed by atoms with Gasteiger partial charge in [-0.25, -0.2) is 9.97 Å². The summed E-state index contributed by atoms with van der Waals surface area (Å²) in [5, 5.41) is 4.33. The van der Waals surface area contributed by atoms with E-state index in [1.807, 2.05) is 18.2 Å². The van der Waals surface area contributed by atoms with Crippen molar-refractivity contribution in [2.75, 3.05) is 12.4 Å². The molecular formula is C12H11N7S. The van der Waals surface area contributed by atoms with Crippen LogP contribution in [0.3, 0.4) is 0 Å². The highest BCUT2D eigenvalue weighted by Gasteiger charge is 2.09. The zero-order valence-corrected chi connectivity index (χ0v) is 11.4. The number of anilines is 1. The Morgan fingerprint density at radius 2 is 2.10 bits per heavy atom. The summed E-state index contributed by atoms with van der Waals surface area (Å²) in [5.41, 5.74) is 0. The normalized spacial score (nSPS) is 10.4. The molecule has 0 aliphatic rings. The van der Waals surface area contributed by atoms with Gasteiger partial charge >= 0.3 is 0 Å². The van der Waals surface area contributed by atoms with Gasteiger partial charge in [-0.1, -0.05) is 6.07 Å². The molecular weight excluding hydrogens is 274 g/mol. The second-order valence-electron chi connectivity index (χ2n) is 3.73. The molecule has 20 heavy (non-hydrogen) atoms. The molecule has 0 aliphatic carbocycles. The highest BCUT2D eigenvalue weighted by atomic mass is 32.2. The molecule has 0 radical (unpaired) electrons. The van der Waals surface area contributed by atoms with Crippen LogP contribution in [-0.2, 0) is 0 Å². The fourth-order valence-corrected chi connectivity index (χ4v) is 2.20. The van der Waals surface area contributed by atoms with Crippen molar-refractivity contribution in [1.29, 1.82) is 0 Å². The first kappa shape index (κ1) is 12.5. The topological polar surface area (TPSA) is 81.4 Å². The number of aromatic nitrogens is 6. The third kappa shape index (κ3) is 2.75. The Bertz CT molecular complexity index is 684. The molecule has 8 heteroatoms. The summed E-state index contributed by atoms with van der Waals surface area (Å²) in [7, 11) is 1.77. The van der Waals surface area contributed by atoms with Crippen molar-refractivity contribution in [2.45, 2.75) is 10.2 Å². The number of rotatable bonds is 4. The summed E-state index contributed by atoms with van der Waals surface area (Å²) >= 11 is 1.38. The van der Waals surface area contributed by atoms with E-state index in [0.29, 0.717) is 17.1 Å². The molecule has 0 spiro atoms. The minimum absolute atomic E-state index is 0.502. The third-order valence-electron chi connectivity index (χ3n) is 2.40. The number of nitrogens with one attached hydrogen (secondary N) is 1. The minimum atomic E-state index is 0.502. The predicted molar refractivity (Wildman–Crippen MR) is 74.9 cm³/mol. The zero-order valence-electron chi connectivity index (χ0n) is 10.6. The molecule has 0 atom stereocenters. The first-order chi connectivity index (χ1) is 9.85. The Hall–Kier alpha value is -2.48. The average Bonchev–Trinajstić information content (AvgIpc) is 3.02. The van der Waals surface area contributed by atoms with Crippen LogP contribution >= 0.6 is 11.8 Å². The van der Waals surface area contributed by atoms with Gasteiger partial charge in [0.15, 0.2) is 0 Å². The van der Waals surface area contributed by atoms with E-state index in [2.05, 4.69) is 30.2 Å². The van der Waals surface area contributed by atoms with Crippen molar-refractivity contribution in [2.24, 2.45) is 0 Å². The molecule has 3 aromatic rings. The highest BCUT2D eigenvalue weighted by molar-refractivity contribution is 7.99. The third-order valence-corrected chi connectivity index (χ3v) is 3.21. The van der Waals surface area contributed by atoms with Crippen molar-refractivity contribution in [3.05, 3.63) is 43.1 Å². The molecule has 0 aliphatic heterocycles. The van der Waals surface area contributed by atoms with Gasteiger partial charge in [-0.3, -0.25) is 4.57 Å². The molecule has 0 unspecified atom stereocenters. The molecule has 3 aromatic heterocycles. The maximum atomic E-state index is 4.40. The van der Waals surface area contributed by atoms with Crippen LogP contribution in [0, 0.1) is 0 Å². The smallest absolute Gasteiger partial charge is 0.240 e. The van der Waals surface area contributed by atoms with Crippen molar-refractivity contribution in [3.63, 3.8) is 0 Å². The molecule has 0 bridgehead atoms. The Morgan fingerprint density at radius 1 is 1.15 bits per heavy atom. The number of pyridine rings is 1. The lowest BCUT2D eigenvalue weighted by Crippen LogP contribution is -2.06. The second kappa shape index (κ2) is 5.66. The molecule has 0 saturated heterocycles. The van der Waals surface area contributed by atoms with Gasteiger partial charge in [-0.2, -0.15) is 15.0 Å². The van der Waals surface area contributed by atoms with E-state index < -0.39 is 0 Å². The molecule has 0 fully saturated rings. The first-order valence-electron chi connectivity index (χ1n) is 5.86. The SMILES string of the molecule is CNc1nc(Sc2ccccn2)nc(-n2ccnc2)n1. The van der Waals surface area contributed by atoms with Gasteiger partial charge in [0.05, 0.1) is 0 Å². The molecule has 1 N–H and O–H groups in total. The average molecular weight is 285 g/mol. The van der Waals surface area contributed by atoms with Crippen molar-refractivity contribution >= 4 is 17.7 Å². The van der Waals surface area contributed by atoms with Crippen molar-refractivity contribution < 1.29 is 0 Å². The van der Waals surface area contributed by atoms with Gasteiger partial charge in [-0.15, -0.1) is 0 Å². The quantitative estimate of drug-likeness (QED) is 0.780. The van der Waals surface area contributed by atoms with Crippen LogP contribution in [0.5, 0.6) is 0 Å². The summed E-state index contributed by atoms with van der Waals surface area (Å²) in [4.78, 5) is 21.2. The summed E-state index contributed by atoms with van der Waals surface area (Å²) in [6.45, 7) is 0. The van der Waals surface area contributed by atoms with Gasteiger partial charge in [0.1, 0.15) is 11.4 Å². The lowest BCUT2D eigenvalue weighted by Gasteiger charge is -2.06. The molecule has 0 amide bonds. The van der Waals surface area contributed by atoms with Crippen LogP contribution in [0.15, 0.2) is 53.3 Å². The fourth-order valence-electron chi connectivity index (χ4n) is 1.50. The van der Waals surface area contributed by atoms with E-state index in [9.17, 15) is 0 Å². The number of hydrogen-bond acceptors (Lipinski definition) is 7. The van der Waals surface area contributed by atoms with Crippen LogP contribution in [0.1, 0.15) is 0 Å². The largest absolute Gasteiger partial charge is 0.357 e. The van der Waals surface area contributed by atoms with Crippen LogP contribution in [0.2, 0.25) is 0 Å². The zero-order chi connectivity index (χ0) is 13.8. The van der Waals surface area contributed by atoms with Crippen LogP contribution in [-0.4, -0.2) is 36.5 Å². The van der Waals surface area contributed by atoms with E-state index in [0.717, 1.165) is 5.03 Å². The Morgan fingerprint density at radius 3 is 2.80 bits per heavy atom. The van der Waals surface area contributed by atoms with Crippen LogP contribution < -0.4 is 5.32 Å². The number of imidazole rings is 1. The van der Waals surface area contributed by atoms with Gasteiger partial charge in [-0.05, 0) is 23.9 Å². The summed E-state index contributed by atoms with van der Waals surface area (Å²) in [6, 6.07) is 5.70. The number of nitrogens with zero attached hydrogens (tertiary/aromatic N) is 6. The molecule has 3 heterocycles. The van der Waals surface area contributed by atoms with Crippen molar-refractivity contribution in [3.8, 4) is 5.95 Å². The first-order valence-corrected chi connectivity index (χ1v) is 6.68. The van der Waals surface area contributed by atoms with E-state index in [-0.39, 0.29) is 0 Å².